The van der Waals surface area contributed by atoms with Crippen LogP contribution in [0.4, 0.5) is 0 Å². The Labute approximate surface area is 119 Å². The fourth-order valence-corrected chi connectivity index (χ4v) is 2.07. The Bertz CT molecular complexity index is 453. The Hall–Kier alpha value is -1.69. The highest BCUT2D eigenvalue weighted by Gasteiger charge is 2.14. The van der Waals surface area contributed by atoms with E-state index in [2.05, 4.69) is 42.6 Å². The molecular weight excluding hydrogens is 258 g/mol. The zero-order valence-electron chi connectivity index (χ0n) is 12.8. The van der Waals surface area contributed by atoms with Crippen LogP contribution in [0.15, 0.2) is 6.07 Å². The van der Waals surface area contributed by atoms with Crippen molar-refractivity contribution in [3.63, 3.8) is 0 Å². The van der Waals surface area contributed by atoms with Crippen molar-refractivity contribution in [2.24, 2.45) is 0 Å². The van der Waals surface area contributed by atoms with E-state index in [1.54, 1.807) is 6.92 Å². The summed E-state index contributed by atoms with van der Waals surface area (Å²) >= 11 is 0. The molecule has 6 nitrogen and oxygen atoms in total. The van der Waals surface area contributed by atoms with E-state index in [0.717, 1.165) is 6.54 Å². The molecule has 0 amide bonds. The first kappa shape index (κ1) is 16.4. The van der Waals surface area contributed by atoms with E-state index in [9.17, 15) is 4.79 Å². The molecule has 1 N–H and O–H groups in total. The largest absolute Gasteiger partial charge is 0.477 e. The van der Waals surface area contributed by atoms with Gasteiger partial charge >= 0.3 is 12.0 Å². The van der Waals surface area contributed by atoms with Crippen molar-refractivity contribution >= 4 is 5.97 Å². The predicted octanol–water partition coefficient (Wildman–Crippen LogP) is 1.98. The number of rotatable bonds is 7. The predicted molar refractivity (Wildman–Crippen MR) is 76.2 cm³/mol. The van der Waals surface area contributed by atoms with Crippen LogP contribution >= 0.6 is 0 Å². The zero-order chi connectivity index (χ0) is 15.3. The van der Waals surface area contributed by atoms with E-state index < -0.39 is 5.97 Å². The molecule has 112 valence electrons. The first-order valence-electron chi connectivity index (χ1n) is 6.78. The lowest BCUT2D eigenvalue weighted by molar-refractivity contribution is 0.0688. The molecule has 0 radical (unpaired) electrons. The van der Waals surface area contributed by atoms with Gasteiger partial charge in [0.2, 0.25) is 0 Å². The van der Waals surface area contributed by atoms with Gasteiger partial charge < -0.3 is 9.84 Å². The highest BCUT2D eigenvalue weighted by atomic mass is 16.5. The number of aryl methyl sites for hydroxylation is 1. The number of aromatic carboxylic acids is 1. The third kappa shape index (κ3) is 4.77. The van der Waals surface area contributed by atoms with E-state index in [1.165, 1.54) is 6.07 Å². The SMILES string of the molecule is Cc1cc(C(=O)O)nc(OCCN(C(C)C)C(C)C)n1. The molecule has 0 aromatic carbocycles. The smallest absolute Gasteiger partial charge is 0.354 e. The molecule has 1 aromatic heterocycles. The zero-order valence-corrected chi connectivity index (χ0v) is 12.8. The molecule has 1 rings (SSSR count). The molecule has 0 aliphatic heterocycles. The molecule has 0 fully saturated rings. The average molecular weight is 281 g/mol. The first-order valence-corrected chi connectivity index (χ1v) is 6.78. The van der Waals surface area contributed by atoms with Crippen LogP contribution in [0.25, 0.3) is 0 Å². The summed E-state index contributed by atoms with van der Waals surface area (Å²) in [6.07, 6.45) is 0. The molecule has 6 heteroatoms. The standard InChI is InChI=1S/C14H23N3O3/c1-9(2)17(10(3)4)6-7-20-14-15-11(5)8-12(16-14)13(18)19/h8-10H,6-7H2,1-5H3,(H,18,19). The minimum atomic E-state index is -1.08. The Morgan fingerprint density at radius 3 is 2.40 bits per heavy atom. The molecule has 0 bridgehead atoms. The third-order valence-electron chi connectivity index (χ3n) is 2.96. The van der Waals surface area contributed by atoms with Crippen LogP contribution in [-0.4, -0.2) is 51.2 Å². The van der Waals surface area contributed by atoms with Crippen molar-refractivity contribution < 1.29 is 14.6 Å². The molecule has 0 saturated heterocycles. The van der Waals surface area contributed by atoms with E-state index in [-0.39, 0.29) is 11.7 Å². The number of nitrogens with zero attached hydrogens (tertiary/aromatic N) is 3. The Morgan fingerprint density at radius 2 is 1.90 bits per heavy atom. The van der Waals surface area contributed by atoms with E-state index >= 15 is 0 Å². The number of hydrogen-bond acceptors (Lipinski definition) is 5. The summed E-state index contributed by atoms with van der Waals surface area (Å²) in [5.74, 6) is -1.08. The van der Waals surface area contributed by atoms with Gasteiger partial charge in [-0.05, 0) is 40.7 Å². The Morgan fingerprint density at radius 1 is 1.30 bits per heavy atom. The quantitative estimate of drug-likeness (QED) is 0.823. The maximum absolute atomic E-state index is 10.9. The second-order valence-corrected chi connectivity index (χ2v) is 5.26. The van der Waals surface area contributed by atoms with Crippen molar-refractivity contribution in [1.29, 1.82) is 0 Å². The van der Waals surface area contributed by atoms with Crippen molar-refractivity contribution in [1.82, 2.24) is 14.9 Å². The number of ether oxygens (including phenoxy) is 1. The summed E-state index contributed by atoms with van der Waals surface area (Å²) < 4.78 is 5.48. The summed E-state index contributed by atoms with van der Waals surface area (Å²) in [6, 6.07) is 2.39. The van der Waals surface area contributed by atoms with Gasteiger partial charge in [-0.2, -0.15) is 4.98 Å². The molecule has 1 heterocycles. The van der Waals surface area contributed by atoms with Gasteiger partial charge in [-0.25, -0.2) is 9.78 Å². The van der Waals surface area contributed by atoms with Crippen molar-refractivity contribution in [2.75, 3.05) is 13.2 Å². The lowest BCUT2D eigenvalue weighted by Crippen LogP contribution is -2.39. The number of carbonyl (C=O) groups is 1. The normalized spacial score (nSPS) is 11.4. The number of aromatic nitrogens is 2. The van der Waals surface area contributed by atoms with Gasteiger partial charge in [0.05, 0.1) is 0 Å². The highest BCUT2D eigenvalue weighted by Crippen LogP contribution is 2.08. The highest BCUT2D eigenvalue weighted by molar-refractivity contribution is 5.85. The number of carboxylic acid groups (broad SMARTS) is 1. The molecule has 0 aliphatic carbocycles. The molecule has 0 saturated carbocycles. The maximum atomic E-state index is 10.9. The van der Waals surface area contributed by atoms with E-state index in [4.69, 9.17) is 9.84 Å². The molecule has 20 heavy (non-hydrogen) atoms. The summed E-state index contributed by atoms with van der Waals surface area (Å²) in [7, 11) is 0. The van der Waals surface area contributed by atoms with Gasteiger partial charge in [-0.15, -0.1) is 0 Å². The molecule has 0 spiro atoms. The fraction of sp³-hybridized carbons (Fsp3) is 0.643. The average Bonchev–Trinajstić information content (AvgIpc) is 2.32. The summed E-state index contributed by atoms with van der Waals surface area (Å²) in [5, 5.41) is 8.94. The second-order valence-electron chi connectivity index (χ2n) is 5.26. The van der Waals surface area contributed by atoms with Crippen molar-refractivity contribution in [2.45, 2.75) is 46.7 Å². The number of carboxylic acids is 1. The first-order chi connectivity index (χ1) is 9.31. The lowest BCUT2D eigenvalue weighted by atomic mass is 10.2. The Kier molecular flexibility index (Phi) is 5.88. The third-order valence-corrected chi connectivity index (χ3v) is 2.96. The van der Waals surface area contributed by atoms with Crippen LogP contribution in [0.5, 0.6) is 6.01 Å². The van der Waals surface area contributed by atoms with Gasteiger partial charge in [0.15, 0.2) is 5.69 Å². The van der Waals surface area contributed by atoms with Gasteiger partial charge in [0.25, 0.3) is 0 Å². The molecule has 1 aromatic rings. The summed E-state index contributed by atoms with van der Waals surface area (Å²) in [6.45, 7) is 11.4. The monoisotopic (exact) mass is 281 g/mol. The molecule has 0 atom stereocenters. The van der Waals surface area contributed by atoms with E-state index in [1.807, 2.05) is 0 Å². The van der Waals surface area contributed by atoms with Crippen molar-refractivity contribution in [3.05, 3.63) is 17.5 Å². The summed E-state index contributed by atoms with van der Waals surface area (Å²) in [5.41, 5.74) is 0.536. The van der Waals surface area contributed by atoms with Gasteiger partial charge in [-0.1, -0.05) is 0 Å². The van der Waals surface area contributed by atoms with Gasteiger partial charge in [-0.3, -0.25) is 4.90 Å². The number of hydrogen-bond donors (Lipinski definition) is 1. The van der Waals surface area contributed by atoms with Crippen LogP contribution < -0.4 is 4.74 Å². The van der Waals surface area contributed by atoms with Crippen LogP contribution in [-0.2, 0) is 0 Å². The molecule has 0 unspecified atom stereocenters. The van der Waals surface area contributed by atoms with Crippen LogP contribution in [0.3, 0.4) is 0 Å². The lowest BCUT2D eigenvalue weighted by Gasteiger charge is -2.30. The van der Waals surface area contributed by atoms with Gasteiger partial charge in [0, 0.05) is 24.3 Å². The van der Waals surface area contributed by atoms with Crippen molar-refractivity contribution in [3.8, 4) is 6.01 Å². The minimum absolute atomic E-state index is 0.0444. The fourth-order valence-electron chi connectivity index (χ4n) is 2.07. The molecular formula is C14H23N3O3. The van der Waals surface area contributed by atoms with Crippen LogP contribution in [0.1, 0.15) is 43.9 Å². The Balaban J connectivity index is 2.64. The van der Waals surface area contributed by atoms with Gasteiger partial charge in [0.1, 0.15) is 6.61 Å². The second kappa shape index (κ2) is 7.19. The maximum Gasteiger partial charge on any atom is 0.354 e. The van der Waals surface area contributed by atoms with Crippen LogP contribution in [0.2, 0.25) is 0 Å². The minimum Gasteiger partial charge on any atom is -0.477 e. The van der Waals surface area contributed by atoms with Crippen LogP contribution in [0, 0.1) is 6.92 Å². The summed E-state index contributed by atoms with van der Waals surface area (Å²) in [4.78, 5) is 21.2. The van der Waals surface area contributed by atoms with E-state index in [0.29, 0.717) is 24.4 Å². The molecule has 0 aliphatic rings. The topological polar surface area (TPSA) is 75.6 Å².